The van der Waals surface area contributed by atoms with Crippen LogP contribution in [-0.4, -0.2) is 10.1 Å². The maximum Gasteiger partial charge on any atom is 0.202 e. The SMILES string of the molecule is NC(=S)NNc1nc(-c2ccc3ccccc3c2)cs1. The van der Waals surface area contributed by atoms with Crippen LogP contribution in [-0.2, 0) is 0 Å². The second kappa shape index (κ2) is 5.44. The number of benzene rings is 2. The lowest BCUT2D eigenvalue weighted by atomic mass is 10.1. The van der Waals surface area contributed by atoms with Crippen molar-refractivity contribution in [2.45, 2.75) is 0 Å². The van der Waals surface area contributed by atoms with Gasteiger partial charge in [0.15, 0.2) is 5.11 Å². The van der Waals surface area contributed by atoms with Crippen molar-refractivity contribution in [3.63, 3.8) is 0 Å². The normalized spacial score (nSPS) is 10.4. The molecule has 100 valence electrons. The minimum absolute atomic E-state index is 0.187. The monoisotopic (exact) mass is 300 g/mol. The van der Waals surface area contributed by atoms with Gasteiger partial charge in [-0.3, -0.25) is 10.9 Å². The lowest BCUT2D eigenvalue weighted by molar-refractivity contribution is 1.11. The molecule has 0 aliphatic carbocycles. The van der Waals surface area contributed by atoms with Crippen LogP contribution in [0.5, 0.6) is 0 Å². The molecule has 0 saturated carbocycles. The van der Waals surface area contributed by atoms with Crippen molar-refractivity contribution in [1.82, 2.24) is 10.4 Å². The number of rotatable bonds is 3. The number of hydrogen-bond donors (Lipinski definition) is 3. The van der Waals surface area contributed by atoms with Crippen LogP contribution in [0, 0.1) is 0 Å². The summed E-state index contributed by atoms with van der Waals surface area (Å²) in [5.74, 6) is 0. The Labute approximate surface area is 125 Å². The summed E-state index contributed by atoms with van der Waals surface area (Å²) in [6.45, 7) is 0. The molecule has 0 unspecified atom stereocenters. The molecular weight excluding hydrogens is 288 g/mol. The van der Waals surface area contributed by atoms with Crippen LogP contribution in [0.1, 0.15) is 0 Å². The molecule has 0 amide bonds. The summed E-state index contributed by atoms with van der Waals surface area (Å²) in [6.07, 6.45) is 0. The van der Waals surface area contributed by atoms with E-state index in [1.807, 2.05) is 17.5 Å². The van der Waals surface area contributed by atoms with Crippen molar-refractivity contribution in [2.75, 3.05) is 5.43 Å². The second-order valence-electron chi connectivity index (χ2n) is 4.21. The van der Waals surface area contributed by atoms with Gasteiger partial charge in [-0.15, -0.1) is 11.3 Å². The molecule has 0 aliphatic heterocycles. The Kier molecular flexibility index (Phi) is 3.49. The van der Waals surface area contributed by atoms with E-state index in [1.54, 1.807) is 0 Å². The van der Waals surface area contributed by atoms with Crippen LogP contribution >= 0.6 is 23.6 Å². The van der Waals surface area contributed by atoms with Gasteiger partial charge >= 0.3 is 0 Å². The number of hydrogen-bond acceptors (Lipinski definition) is 4. The van der Waals surface area contributed by atoms with Crippen molar-refractivity contribution in [3.8, 4) is 11.3 Å². The molecule has 4 nitrogen and oxygen atoms in total. The van der Waals surface area contributed by atoms with Gasteiger partial charge in [0, 0.05) is 10.9 Å². The number of hydrazine groups is 1. The second-order valence-corrected chi connectivity index (χ2v) is 5.51. The first-order valence-corrected chi connectivity index (χ1v) is 7.27. The molecule has 6 heteroatoms. The molecule has 20 heavy (non-hydrogen) atoms. The highest BCUT2D eigenvalue weighted by Gasteiger charge is 2.05. The molecule has 0 fully saturated rings. The first kappa shape index (κ1) is 12.8. The highest BCUT2D eigenvalue weighted by Crippen LogP contribution is 2.27. The van der Waals surface area contributed by atoms with E-state index in [2.05, 4.69) is 46.2 Å². The maximum atomic E-state index is 5.36. The first-order chi connectivity index (χ1) is 9.72. The molecular formula is C14H12N4S2. The number of anilines is 1. The topological polar surface area (TPSA) is 63.0 Å². The highest BCUT2D eigenvalue weighted by molar-refractivity contribution is 7.80. The Bertz CT molecular complexity index is 766. The number of thiazole rings is 1. The summed E-state index contributed by atoms with van der Waals surface area (Å²) in [4.78, 5) is 4.49. The Morgan fingerprint density at radius 2 is 1.95 bits per heavy atom. The fourth-order valence-electron chi connectivity index (χ4n) is 1.93. The number of fused-ring (bicyclic) bond motifs is 1. The quantitative estimate of drug-likeness (QED) is 0.512. The van der Waals surface area contributed by atoms with Crippen molar-refractivity contribution in [3.05, 3.63) is 47.8 Å². The third-order valence-corrected chi connectivity index (χ3v) is 3.70. The highest BCUT2D eigenvalue weighted by atomic mass is 32.1. The Morgan fingerprint density at radius 3 is 2.75 bits per heavy atom. The average molecular weight is 300 g/mol. The van der Waals surface area contributed by atoms with Gasteiger partial charge in [0.1, 0.15) is 0 Å². The van der Waals surface area contributed by atoms with Gasteiger partial charge in [-0.05, 0) is 29.1 Å². The molecule has 0 spiro atoms. The van der Waals surface area contributed by atoms with Crippen molar-refractivity contribution in [1.29, 1.82) is 0 Å². The van der Waals surface area contributed by atoms with Crippen LogP contribution in [0.2, 0.25) is 0 Å². The van der Waals surface area contributed by atoms with Gasteiger partial charge in [0.05, 0.1) is 5.69 Å². The summed E-state index contributed by atoms with van der Waals surface area (Å²) in [7, 11) is 0. The predicted octanol–water partition coefficient (Wildman–Crippen LogP) is 3.12. The molecule has 4 N–H and O–H groups in total. The average Bonchev–Trinajstić information content (AvgIpc) is 2.93. The number of nitrogens with zero attached hydrogens (tertiary/aromatic N) is 1. The molecule has 0 radical (unpaired) electrons. The van der Waals surface area contributed by atoms with E-state index in [1.165, 1.54) is 22.1 Å². The zero-order valence-corrected chi connectivity index (χ0v) is 12.1. The summed E-state index contributed by atoms with van der Waals surface area (Å²) in [5.41, 5.74) is 12.9. The fourth-order valence-corrected chi connectivity index (χ4v) is 2.65. The maximum absolute atomic E-state index is 5.36. The minimum Gasteiger partial charge on any atom is -0.375 e. The molecule has 3 rings (SSSR count). The molecule has 0 bridgehead atoms. The van der Waals surface area contributed by atoms with Crippen molar-refractivity contribution >= 4 is 44.6 Å². The van der Waals surface area contributed by atoms with Gasteiger partial charge in [0.2, 0.25) is 5.13 Å². The molecule has 0 saturated heterocycles. The molecule has 0 aliphatic rings. The predicted molar refractivity (Wildman–Crippen MR) is 88.6 cm³/mol. The van der Waals surface area contributed by atoms with E-state index < -0.39 is 0 Å². The van der Waals surface area contributed by atoms with E-state index >= 15 is 0 Å². The molecule has 0 atom stereocenters. The van der Waals surface area contributed by atoms with Gasteiger partial charge in [-0.2, -0.15) is 0 Å². The van der Waals surface area contributed by atoms with Crippen LogP contribution < -0.4 is 16.6 Å². The zero-order valence-electron chi connectivity index (χ0n) is 10.5. The van der Waals surface area contributed by atoms with E-state index in [0.29, 0.717) is 0 Å². The lowest BCUT2D eigenvalue weighted by Crippen LogP contribution is -2.33. The standard InChI is InChI=1S/C14H12N4S2/c15-13(19)17-18-14-16-12(8-20-14)11-6-5-9-3-1-2-4-10(9)7-11/h1-8H,(H,16,18)(H3,15,17,19). The van der Waals surface area contributed by atoms with E-state index in [-0.39, 0.29) is 5.11 Å². The van der Waals surface area contributed by atoms with Gasteiger partial charge in [-0.25, -0.2) is 4.98 Å². The van der Waals surface area contributed by atoms with Crippen LogP contribution in [0.15, 0.2) is 47.8 Å². The summed E-state index contributed by atoms with van der Waals surface area (Å²) >= 11 is 6.22. The van der Waals surface area contributed by atoms with Crippen LogP contribution in [0.4, 0.5) is 5.13 Å². The largest absolute Gasteiger partial charge is 0.375 e. The summed E-state index contributed by atoms with van der Waals surface area (Å²) < 4.78 is 0. The van der Waals surface area contributed by atoms with E-state index in [0.717, 1.165) is 16.4 Å². The smallest absolute Gasteiger partial charge is 0.202 e. The van der Waals surface area contributed by atoms with Crippen molar-refractivity contribution in [2.24, 2.45) is 5.73 Å². The Balaban J connectivity index is 1.89. The minimum atomic E-state index is 0.187. The summed E-state index contributed by atoms with van der Waals surface area (Å²) in [6, 6.07) is 14.6. The molecule has 3 aromatic rings. The number of nitrogens with two attached hydrogens (primary N) is 1. The fraction of sp³-hybridized carbons (Fsp3) is 0. The number of aromatic nitrogens is 1. The molecule has 2 aromatic carbocycles. The van der Waals surface area contributed by atoms with Gasteiger partial charge in [0.25, 0.3) is 0 Å². The van der Waals surface area contributed by atoms with Crippen molar-refractivity contribution < 1.29 is 0 Å². The van der Waals surface area contributed by atoms with Gasteiger partial charge < -0.3 is 5.73 Å². The van der Waals surface area contributed by atoms with Gasteiger partial charge in [-0.1, -0.05) is 36.4 Å². The zero-order chi connectivity index (χ0) is 13.9. The summed E-state index contributed by atoms with van der Waals surface area (Å²) in [5, 5.41) is 5.33. The lowest BCUT2D eigenvalue weighted by Gasteiger charge is -2.03. The van der Waals surface area contributed by atoms with Crippen LogP contribution in [0.3, 0.4) is 0 Å². The number of thiocarbonyl (C=S) groups is 1. The Hall–Kier alpha value is -2.18. The third kappa shape index (κ3) is 2.71. The van der Waals surface area contributed by atoms with Crippen LogP contribution in [0.25, 0.3) is 22.0 Å². The number of nitrogens with one attached hydrogen (secondary N) is 2. The molecule has 1 heterocycles. The Morgan fingerprint density at radius 1 is 1.15 bits per heavy atom. The third-order valence-electron chi connectivity index (χ3n) is 2.84. The molecule has 1 aromatic heterocycles. The first-order valence-electron chi connectivity index (χ1n) is 5.98. The van der Waals surface area contributed by atoms with E-state index in [4.69, 9.17) is 18.0 Å². The van der Waals surface area contributed by atoms with E-state index in [9.17, 15) is 0 Å².